The van der Waals surface area contributed by atoms with Crippen LogP contribution >= 0.6 is 0 Å². The highest BCUT2D eigenvalue weighted by Gasteiger charge is 2.32. The van der Waals surface area contributed by atoms with E-state index in [4.69, 9.17) is 16.2 Å². The van der Waals surface area contributed by atoms with Crippen LogP contribution in [-0.4, -0.2) is 28.9 Å². The first-order valence-electron chi connectivity index (χ1n) is 6.68. The number of aromatic nitrogens is 2. The Bertz CT molecular complexity index is 765. The number of carbonyl (C=O) groups excluding carboxylic acids is 1. The van der Waals surface area contributed by atoms with E-state index in [1.165, 1.54) is 18.2 Å². The van der Waals surface area contributed by atoms with Gasteiger partial charge in [-0.2, -0.15) is 0 Å². The minimum Gasteiger partial charge on any atom is -0.461 e. The number of esters is 1. The Kier molecular flexibility index (Phi) is 4.77. The minimum absolute atomic E-state index is 0.0629. The second-order valence-electron chi connectivity index (χ2n) is 4.46. The lowest BCUT2D eigenvalue weighted by Crippen LogP contribution is -2.18. The number of para-hydroxylation sites is 1. The molecule has 0 bridgehead atoms. The molecular formula is C14H13F3N4O3. The Labute approximate surface area is 134 Å². The molecule has 1 heterocycles. The molecule has 0 saturated heterocycles. The van der Waals surface area contributed by atoms with E-state index in [0.717, 1.165) is 6.07 Å². The Morgan fingerprint density at radius 2 is 1.83 bits per heavy atom. The average Bonchev–Trinajstić information content (AvgIpc) is 2.47. The van der Waals surface area contributed by atoms with Crippen LogP contribution in [0.1, 0.15) is 17.4 Å². The van der Waals surface area contributed by atoms with Crippen molar-refractivity contribution in [3.05, 3.63) is 30.0 Å². The number of carbonyl (C=O) groups is 1. The van der Waals surface area contributed by atoms with E-state index in [1.54, 1.807) is 6.92 Å². The lowest BCUT2D eigenvalue weighted by atomic mass is 10.1. The summed E-state index contributed by atoms with van der Waals surface area (Å²) in [6.07, 6.45) is -4.91. The van der Waals surface area contributed by atoms with Gasteiger partial charge in [-0.1, -0.05) is 12.1 Å². The summed E-state index contributed by atoms with van der Waals surface area (Å²) in [5.74, 6) is -1.94. The molecule has 0 atom stereocenters. The maximum Gasteiger partial charge on any atom is 0.573 e. The number of nitrogen functional groups attached to an aromatic ring is 2. The molecule has 0 amide bonds. The van der Waals surface area contributed by atoms with Gasteiger partial charge in [0.25, 0.3) is 0 Å². The monoisotopic (exact) mass is 342 g/mol. The highest BCUT2D eigenvalue weighted by atomic mass is 19.4. The number of alkyl halides is 3. The molecule has 0 aliphatic rings. The van der Waals surface area contributed by atoms with Crippen molar-refractivity contribution in [2.45, 2.75) is 13.3 Å². The van der Waals surface area contributed by atoms with Gasteiger partial charge in [0.15, 0.2) is 17.3 Å². The first kappa shape index (κ1) is 17.3. The molecule has 1 aromatic heterocycles. The molecule has 24 heavy (non-hydrogen) atoms. The van der Waals surface area contributed by atoms with Crippen LogP contribution in [0.25, 0.3) is 11.3 Å². The molecule has 2 aromatic rings. The van der Waals surface area contributed by atoms with Gasteiger partial charge in [-0.15, -0.1) is 13.2 Å². The molecule has 0 fully saturated rings. The van der Waals surface area contributed by atoms with Gasteiger partial charge in [-0.25, -0.2) is 14.8 Å². The molecule has 7 nitrogen and oxygen atoms in total. The van der Waals surface area contributed by atoms with E-state index in [0.29, 0.717) is 0 Å². The van der Waals surface area contributed by atoms with Crippen molar-refractivity contribution >= 4 is 17.6 Å². The highest BCUT2D eigenvalue weighted by Crippen LogP contribution is 2.35. The summed E-state index contributed by atoms with van der Waals surface area (Å²) >= 11 is 0. The molecule has 0 unspecified atom stereocenters. The maximum atomic E-state index is 12.5. The zero-order chi connectivity index (χ0) is 17.9. The fraction of sp³-hybridized carbons (Fsp3) is 0.214. The molecule has 1 aromatic carbocycles. The Hall–Kier alpha value is -3.04. The standard InChI is InChI=1S/C14H13F3N4O3/c1-2-23-13(22)10-12(19)21-11(18)9(20-10)7-5-3-4-6-8(7)24-14(15,16)17/h3-6H,2H2,1H3,(H4,18,19,21). The number of hydrogen-bond acceptors (Lipinski definition) is 7. The molecular weight excluding hydrogens is 329 g/mol. The average molecular weight is 342 g/mol. The summed E-state index contributed by atoms with van der Waals surface area (Å²) in [6, 6.07) is 5.19. The molecule has 10 heteroatoms. The van der Waals surface area contributed by atoms with Gasteiger partial charge in [0, 0.05) is 5.56 Å². The van der Waals surface area contributed by atoms with Gasteiger partial charge in [0.05, 0.1) is 6.61 Å². The normalized spacial score (nSPS) is 11.2. The summed E-state index contributed by atoms with van der Waals surface area (Å²) in [6.45, 7) is 1.64. The lowest BCUT2D eigenvalue weighted by molar-refractivity contribution is -0.274. The quantitative estimate of drug-likeness (QED) is 0.820. The number of benzene rings is 1. The molecule has 0 aliphatic carbocycles. The topological polar surface area (TPSA) is 113 Å². The molecule has 0 saturated carbocycles. The number of rotatable bonds is 4. The van der Waals surface area contributed by atoms with Crippen molar-refractivity contribution in [1.82, 2.24) is 9.97 Å². The van der Waals surface area contributed by atoms with Gasteiger partial charge in [0.1, 0.15) is 11.4 Å². The van der Waals surface area contributed by atoms with Crippen LogP contribution < -0.4 is 16.2 Å². The highest BCUT2D eigenvalue weighted by molar-refractivity contribution is 5.93. The van der Waals surface area contributed by atoms with E-state index in [1.807, 2.05) is 0 Å². The second-order valence-corrected chi connectivity index (χ2v) is 4.46. The van der Waals surface area contributed by atoms with E-state index >= 15 is 0 Å². The van der Waals surface area contributed by atoms with Crippen molar-refractivity contribution < 1.29 is 27.4 Å². The van der Waals surface area contributed by atoms with Crippen molar-refractivity contribution in [2.24, 2.45) is 0 Å². The van der Waals surface area contributed by atoms with Crippen molar-refractivity contribution in [2.75, 3.05) is 18.1 Å². The van der Waals surface area contributed by atoms with Crippen LogP contribution in [0.5, 0.6) is 5.75 Å². The fourth-order valence-corrected chi connectivity index (χ4v) is 1.89. The summed E-state index contributed by atoms with van der Waals surface area (Å²) in [4.78, 5) is 19.5. The third-order valence-electron chi connectivity index (χ3n) is 2.79. The predicted octanol–water partition coefficient (Wildman–Crippen LogP) is 2.38. The number of halogens is 3. The fourth-order valence-electron chi connectivity index (χ4n) is 1.89. The van der Waals surface area contributed by atoms with Crippen molar-refractivity contribution in [3.8, 4) is 17.0 Å². The third kappa shape index (κ3) is 3.83. The summed E-state index contributed by atoms with van der Waals surface area (Å²) < 4.78 is 46.3. The van der Waals surface area contributed by atoms with Gasteiger partial charge in [0.2, 0.25) is 0 Å². The first-order chi connectivity index (χ1) is 11.2. The minimum atomic E-state index is -4.91. The van der Waals surface area contributed by atoms with Gasteiger partial charge in [-0.3, -0.25) is 0 Å². The van der Waals surface area contributed by atoms with Crippen LogP contribution in [0.4, 0.5) is 24.8 Å². The number of nitrogens with two attached hydrogens (primary N) is 2. The Morgan fingerprint density at radius 3 is 2.46 bits per heavy atom. The van der Waals surface area contributed by atoms with Gasteiger partial charge in [-0.05, 0) is 19.1 Å². The second kappa shape index (κ2) is 6.60. The predicted molar refractivity (Wildman–Crippen MR) is 78.9 cm³/mol. The number of hydrogen-bond donors (Lipinski definition) is 2. The van der Waals surface area contributed by atoms with E-state index in [9.17, 15) is 18.0 Å². The number of ether oxygens (including phenoxy) is 2. The van der Waals surface area contributed by atoms with Crippen LogP contribution in [0.2, 0.25) is 0 Å². The summed E-state index contributed by atoms with van der Waals surface area (Å²) in [7, 11) is 0. The van der Waals surface area contributed by atoms with E-state index in [-0.39, 0.29) is 35.2 Å². The lowest BCUT2D eigenvalue weighted by Gasteiger charge is -2.14. The zero-order valence-corrected chi connectivity index (χ0v) is 12.4. The molecule has 2 rings (SSSR count). The summed E-state index contributed by atoms with van der Waals surface area (Å²) in [5.41, 5.74) is 10.6. The maximum absolute atomic E-state index is 12.5. The van der Waals surface area contributed by atoms with Crippen LogP contribution in [0.15, 0.2) is 24.3 Å². The molecule has 0 spiro atoms. The largest absolute Gasteiger partial charge is 0.573 e. The van der Waals surface area contributed by atoms with Crippen LogP contribution in [0, 0.1) is 0 Å². The SMILES string of the molecule is CCOC(=O)c1nc(-c2ccccc2OC(F)(F)F)c(N)nc1N. The molecule has 0 aliphatic heterocycles. The number of anilines is 2. The zero-order valence-electron chi connectivity index (χ0n) is 12.4. The smallest absolute Gasteiger partial charge is 0.461 e. The van der Waals surface area contributed by atoms with Crippen molar-refractivity contribution in [3.63, 3.8) is 0 Å². The first-order valence-corrected chi connectivity index (χ1v) is 6.68. The van der Waals surface area contributed by atoms with Gasteiger partial charge >= 0.3 is 12.3 Å². The summed E-state index contributed by atoms with van der Waals surface area (Å²) in [5, 5.41) is 0. The van der Waals surface area contributed by atoms with E-state index in [2.05, 4.69) is 14.7 Å². The molecule has 4 N–H and O–H groups in total. The number of nitrogens with zero attached hydrogens (tertiary/aromatic N) is 2. The van der Waals surface area contributed by atoms with Gasteiger partial charge < -0.3 is 20.9 Å². The molecule has 128 valence electrons. The van der Waals surface area contributed by atoms with Crippen LogP contribution in [0.3, 0.4) is 0 Å². The third-order valence-corrected chi connectivity index (χ3v) is 2.79. The van der Waals surface area contributed by atoms with Crippen LogP contribution in [-0.2, 0) is 4.74 Å². The van der Waals surface area contributed by atoms with E-state index < -0.39 is 18.1 Å². The Morgan fingerprint density at radius 1 is 1.17 bits per heavy atom. The van der Waals surface area contributed by atoms with Crippen molar-refractivity contribution in [1.29, 1.82) is 0 Å². The Balaban J connectivity index is 2.57. The molecule has 0 radical (unpaired) electrons.